The van der Waals surface area contributed by atoms with E-state index in [-0.39, 0.29) is 5.41 Å². The van der Waals surface area contributed by atoms with Crippen LogP contribution in [0.25, 0.3) is 0 Å². The summed E-state index contributed by atoms with van der Waals surface area (Å²) in [5.41, 5.74) is 2.59. The molecule has 1 aromatic carbocycles. The van der Waals surface area contributed by atoms with E-state index >= 15 is 0 Å². The van der Waals surface area contributed by atoms with Crippen LogP contribution in [0.15, 0.2) is 34.1 Å². The van der Waals surface area contributed by atoms with Crippen molar-refractivity contribution in [3.8, 4) is 0 Å². The zero-order valence-electron chi connectivity index (χ0n) is 12.4. The number of nitrogens with one attached hydrogen (secondary N) is 1. The van der Waals surface area contributed by atoms with E-state index in [9.17, 15) is 0 Å². The van der Waals surface area contributed by atoms with Crippen molar-refractivity contribution in [1.29, 1.82) is 0 Å². The summed E-state index contributed by atoms with van der Waals surface area (Å²) >= 11 is 5.25. The first kappa shape index (κ1) is 15.7. The van der Waals surface area contributed by atoms with Crippen LogP contribution in [0.4, 0.5) is 0 Å². The highest BCUT2D eigenvalue weighted by Gasteiger charge is 2.17. The highest BCUT2D eigenvalue weighted by Crippen LogP contribution is 2.24. The topological polar surface area (TPSA) is 24.9 Å². The molecular weight excluding hydrogens is 332 g/mol. The first-order chi connectivity index (χ1) is 9.36. The van der Waals surface area contributed by atoms with E-state index in [4.69, 9.17) is 4.98 Å². The number of hydrogen-bond acceptors (Lipinski definition) is 3. The predicted molar refractivity (Wildman–Crippen MR) is 90.2 cm³/mol. The van der Waals surface area contributed by atoms with Crippen molar-refractivity contribution in [2.24, 2.45) is 0 Å². The fourth-order valence-electron chi connectivity index (χ4n) is 1.87. The minimum atomic E-state index is 0.130. The van der Waals surface area contributed by atoms with Crippen molar-refractivity contribution < 1.29 is 0 Å². The van der Waals surface area contributed by atoms with Crippen molar-refractivity contribution >= 4 is 27.3 Å². The van der Waals surface area contributed by atoms with Crippen LogP contribution in [0.5, 0.6) is 0 Å². The maximum absolute atomic E-state index is 4.71. The van der Waals surface area contributed by atoms with Gasteiger partial charge in [0.25, 0.3) is 0 Å². The molecule has 2 aromatic rings. The van der Waals surface area contributed by atoms with Gasteiger partial charge < -0.3 is 5.32 Å². The maximum atomic E-state index is 4.71. The van der Waals surface area contributed by atoms with E-state index in [2.05, 4.69) is 72.5 Å². The lowest BCUT2D eigenvalue weighted by Gasteiger charge is -2.15. The fraction of sp³-hybridized carbons (Fsp3) is 0.438. The lowest BCUT2D eigenvalue weighted by atomic mass is 9.93. The Labute approximate surface area is 133 Å². The molecule has 108 valence electrons. The second-order valence-electron chi connectivity index (χ2n) is 6.03. The molecule has 0 spiro atoms. The van der Waals surface area contributed by atoms with Crippen molar-refractivity contribution in [1.82, 2.24) is 10.3 Å². The molecule has 1 N–H and O–H groups in total. The summed E-state index contributed by atoms with van der Waals surface area (Å²) in [5, 5.41) is 6.85. The second-order valence-corrected chi connectivity index (χ2v) is 7.89. The lowest BCUT2D eigenvalue weighted by Crippen LogP contribution is -2.18. The maximum Gasteiger partial charge on any atom is 0.107 e. The molecule has 1 atom stereocenters. The van der Waals surface area contributed by atoms with E-state index in [0.717, 1.165) is 16.0 Å². The van der Waals surface area contributed by atoms with Crippen LogP contribution in [0.3, 0.4) is 0 Å². The zero-order chi connectivity index (χ0) is 14.8. The molecule has 0 fully saturated rings. The van der Waals surface area contributed by atoms with Crippen LogP contribution < -0.4 is 5.32 Å². The van der Waals surface area contributed by atoms with Gasteiger partial charge in [0, 0.05) is 27.9 Å². The Morgan fingerprint density at radius 2 is 2.10 bits per heavy atom. The van der Waals surface area contributed by atoms with Crippen LogP contribution in [-0.2, 0) is 12.0 Å². The van der Waals surface area contributed by atoms with E-state index in [0.29, 0.717) is 6.04 Å². The number of hydrogen-bond donors (Lipinski definition) is 1. The van der Waals surface area contributed by atoms with Gasteiger partial charge >= 0.3 is 0 Å². The number of rotatable bonds is 4. The van der Waals surface area contributed by atoms with Crippen LogP contribution in [0, 0.1) is 0 Å². The average Bonchev–Trinajstić information content (AvgIpc) is 2.84. The summed E-state index contributed by atoms with van der Waals surface area (Å²) < 4.78 is 1.12. The van der Waals surface area contributed by atoms with Gasteiger partial charge in [-0.15, -0.1) is 11.3 Å². The van der Waals surface area contributed by atoms with E-state index < -0.39 is 0 Å². The SMILES string of the molecule is C[C@H](NCc1nc(C(C)(C)C)cs1)c1cccc(Br)c1. The molecule has 2 nitrogen and oxygen atoms in total. The molecule has 2 rings (SSSR count). The Bertz CT molecular complexity index is 572. The largest absolute Gasteiger partial charge is 0.304 e. The molecule has 1 heterocycles. The summed E-state index contributed by atoms with van der Waals surface area (Å²) in [6.45, 7) is 9.59. The summed E-state index contributed by atoms with van der Waals surface area (Å²) in [5.74, 6) is 0. The van der Waals surface area contributed by atoms with E-state index in [1.54, 1.807) is 11.3 Å². The van der Waals surface area contributed by atoms with Gasteiger partial charge in [0.05, 0.1) is 5.69 Å². The predicted octanol–water partition coefficient (Wildman–Crippen LogP) is 5.05. The van der Waals surface area contributed by atoms with Crippen molar-refractivity contribution in [2.45, 2.75) is 45.7 Å². The highest BCUT2D eigenvalue weighted by molar-refractivity contribution is 9.10. The molecular formula is C16H21BrN2S. The Balaban J connectivity index is 1.97. The molecule has 0 aliphatic carbocycles. The molecule has 0 saturated carbocycles. The standard InChI is InChI=1S/C16H21BrN2S/c1-11(12-6-5-7-13(17)8-12)18-9-15-19-14(10-20-15)16(2,3)4/h5-8,10-11,18H,9H2,1-4H3/t11-/m0/s1. The Morgan fingerprint density at radius 3 is 2.70 bits per heavy atom. The quantitative estimate of drug-likeness (QED) is 0.832. The normalized spacial score (nSPS) is 13.4. The number of aromatic nitrogens is 1. The van der Waals surface area contributed by atoms with Gasteiger partial charge in [0.1, 0.15) is 5.01 Å². The molecule has 20 heavy (non-hydrogen) atoms. The first-order valence-electron chi connectivity index (χ1n) is 6.80. The monoisotopic (exact) mass is 352 g/mol. The molecule has 0 aliphatic rings. The van der Waals surface area contributed by atoms with Crippen molar-refractivity contribution in [3.63, 3.8) is 0 Å². The minimum absolute atomic E-state index is 0.130. The molecule has 1 aromatic heterocycles. The first-order valence-corrected chi connectivity index (χ1v) is 8.47. The number of benzene rings is 1. The molecule has 0 radical (unpaired) electrons. The fourth-order valence-corrected chi connectivity index (χ4v) is 3.26. The number of thiazole rings is 1. The highest BCUT2D eigenvalue weighted by atomic mass is 79.9. The van der Waals surface area contributed by atoms with Crippen LogP contribution in [0.2, 0.25) is 0 Å². The van der Waals surface area contributed by atoms with Gasteiger partial charge in [-0.1, -0.05) is 48.8 Å². The van der Waals surface area contributed by atoms with Gasteiger partial charge in [0.2, 0.25) is 0 Å². The van der Waals surface area contributed by atoms with Crippen LogP contribution in [0.1, 0.15) is 50.0 Å². The summed E-state index contributed by atoms with van der Waals surface area (Å²) in [7, 11) is 0. The van der Waals surface area contributed by atoms with Gasteiger partial charge in [-0.05, 0) is 24.6 Å². The minimum Gasteiger partial charge on any atom is -0.304 e. The molecule has 0 unspecified atom stereocenters. The average molecular weight is 353 g/mol. The third kappa shape index (κ3) is 4.14. The van der Waals surface area contributed by atoms with E-state index in [1.807, 2.05) is 6.07 Å². The van der Waals surface area contributed by atoms with Gasteiger partial charge in [0.15, 0.2) is 0 Å². The molecule has 0 amide bonds. The van der Waals surface area contributed by atoms with Crippen LogP contribution >= 0.6 is 27.3 Å². The lowest BCUT2D eigenvalue weighted by molar-refractivity contribution is 0.554. The van der Waals surface area contributed by atoms with Crippen molar-refractivity contribution in [3.05, 3.63) is 50.4 Å². The third-order valence-corrected chi connectivity index (χ3v) is 4.57. The molecule has 0 aliphatic heterocycles. The van der Waals surface area contributed by atoms with Crippen molar-refractivity contribution in [2.75, 3.05) is 0 Å². The smallest absolute Gasteiger partial charge is 0.107 e. The third-order valence-electron chi connectivity index (χ3n) is 3.23. The zero-order valence-corrected chi connectivity index (χ0v) is 14.8. The van der Waals surface area contributed by atoms with Gasteiger partial charge in [-0.3, -0.25) is 0 Å². The van der Waals surface area contributed by atoms with Crippen LogP contribution in [-0.4, -0.2) is 4.98 Å². The number of halogens is 1. The Kier molecular flexibility index (Phi) is 4.99. The molecule has 0 saturated heterocycles. The van der Waals surface area contributed by atoms with Gasteiger partial charge in [-0.25, -0.2) is 4.98 Å². The number of nitrogens with zero attached hydrogens (tertiary/aromatic N) is 1. The Morgan fingerprint density at radius 1 is 1.35 bits per heavy atom. The molecule has 0 bridgehead atoms. The molecule has 4 heteroatoms. The van der Waals surface area contributed by atoms with E-state index in [1.165, 1.54) is 11.3 Å². The summed E-state index contributed by atoms with van der Waals surface area (Å²) in [6, 6.07) is 8.73. The summed E-state index contributed by atoms with van der Waals surface area (Å²) in [4.78, 5) is 4.71. The van der Waals surface area contributed by atoms with Gasteiger partial charge in [-0.2, -0.15) is 0 Å². The summed E-state index contributed by atoms with van der Waals surface area (Å²) in [6.07, 6.45) is 0. The Hall–Kier alpha value is -0.710. The second kappa shape index (κ2) is 6.37.